The van der Waals surface area contributed by atoms with Crippen LogP contribution in [0.15, 0.2) is 91.4 Å². The Kier molecular flexibility index (Phi) is 9.90. The Balaban J connectivity index is 1.22. The van der Waals surface area contributed by atoms with Gasteiger partial charge in [0.1, 0.15) is 28.9 Å². The fourth-order valence-electron chi connectivity index (χ4n) is 3.99. The van der Waals surface area contributed by atoms with Gasteiger partial charge in [0.2, 0.25) is 5.95 Å². The van der Waals surface area contributed by atoms with Crippen LogP contribution in [0.2, 0.25) is 10.0 Å². The van der Waals surface area contributed by atoms with Crippen molar-refractivity contribution in [1.29, 1.82) is 0 Å². The van der Waals surface area contributed by atoms with Gasteiger partial charge in [0.05, 0.1) is 24.0 Å². The molecule has 2 heterocycles. The highest BCUT2D eigenvalue weighted by atomic mass is 35.5. The molecule has 0 aliphatic heterocycles. The van der Waals surface area contributed by atoms with E-state index in [-0.39, 0.29) is 29.4 Å². The molecular weight excluding hydrogens is 608 g/mol. The number of hydrogen-bond acceptors (Lipinski definition) is 8. The number of carbonyl (C=O) groups excluding carboxylic acids is 1. The summed E-state index contributed by atoms with van der Waals surface area (Å²) in [6.07, 6.45) is 4.80. The molecule has 2 amide bonds. The van der Waals surface area contributed by atoms with Crippen molar-refractivity contribution in [2.24, 2.45) is 0 Å². The topological polar surface area (TPSA) is 122 Å². The first-order chi connectivity index (χ1) is 21.4. The lowest BCUT2D eigenvalue weighted by molar-refractivity contribution is 0.251. The normalized spacial score (nSPS) is 10.5. The van der Waals surface area contributed by atoms with E-state index in [1.165, 1.54) is 25.4 Å². The van der Waals surface area contributed by atoms with Gasteiger partial charge in [0.25, 0.3) is 0 Å². The second-order valence-corrected chi connectivity index (χ2v) is 10.1. The number of carbonyl (C=O) groups is 1. The first-order valence-corrected chi connectivity index (χ1v) is 14.0. The number of aromatic nitrogens is 3. The number of methoxy groups -OCH3 is 1. The van der Waals surface area contributed by atoms with Crippen molar-refractivity contribution in [3.63, 3.8) is 0 Å². The maximum atomic E-state index is 13.4. The van der Waals surface area contributed by atoms with Crippen molar-refractivity contribution in [1.82, 2.24) is 20.3 Å². The summed E-state index contributed by atoms with van der Waals surface area (Å²) in [6, 6.07) is 19.7. The van der Waals surface area contributed by atoms with Crippen LogP contribution in [0.5, 0.6) is 11.5 Å². The van der Waals surface area contributed by atoms with Crippen LogP contribution >= 0.6 is 23.2 Å². The Hall–Kier alpha value is -5.13. The minimum absolute atomic E-state index is 0.164. The monoisotopic (exact) mass is 633 g/mol. The van der Waals surface area contributed by atoms with Crippen LogP contribution < -0.4 is 30.7 Å². The number of nitrogens with zero attached hydrogens (tertiary/aromatic N) is 3. The van der Waals surface area contributed by atoms with Crippen molar-refractivity contribution in [3.05, 3.63) is 118 Å². The van der Waals surface area contributed by atoms with Gasteiger partial charge in [-0.25, -0.2) is 14.2 Å². The Labute approximate surface area is 262 Å². The molecule has 0 atom stereocenters. The molecule has 0 radical (unpaired) electrons. The lowest BCUT2D eigenvalue weighted by atomic mass is 10.2. The molecule has 0 aliphatic carbocycles. The molecule has 13 heteroatoms. The lowest BCUT2D eigenvalue weighted by Crippen LogP contribution is -2.28. The summed E-state index contributed by atoms with van der Waals surface area (Å²) in [7, 11) is 1.51. The van der Waals surface area contributed by atoms with Gasteiger partial charge >= 0.3 is 6.03 Å². The number of pyridine rings is 1. The molecule has 2 aromatic heterocycles. The zero-order chi connectivity index (χ0) is 30.9. The quantitative estimate of drug-likeness (QED) is 0.117. The largest absolute Gasteiger partial charge is 0.494 e. The van der Waals surface area contributed by atoms with Crippen LogP contribution in [0.3, 0.4) is 0 Å². The van der Waals surface area contributed by atoms with Crippen molar-refractivity contribution in [3.8, 4) is 11.5 Å². The molecule has 4 N–H and O–H groups in total. The zero-order valence-corrected chi connectivity index (χ0v) is 24.8. The van der Waals surface area contributed by atoms with Gasteiger partial charge in [-0.05, 0) is 59.7 Å². The van der Waals surface area contributed by atoms with Gasteiger partial charge in [0.15, 0.2) is 5.82 Å². The number of nitrogens with one attached hydrogen (secondary N) is 4. The smallest absolute Gasteiger partial charge is 0.319 e. The van der Waals surface area contributed by atoms with E-state index < -0.39 is 0 Å². The molecule has 10 nitrogen and oxygen atoms in total. The summed E-state index contributed by atoms with van der Waals surface area (Å²) in [5.41, 5.74) is 3.25. The average molecular weight is 634 g/mol. The predicted molar refractivity (Wildman–Crippen MR) is 169 cm³/mol. The number of ether oxygens (including phenoxy) is 2. The number of anilines is 5. The van der Waals surface area contributed by atoms with E-state index in [0.717, 1.165) is 5.56 Å². The molecule has 3 aromatic carbocycles. The highest BCUT2D eigenvalue weighted by Gasteiger charge is 2.12. The Morgan fingerprint density at radius 1 is 0.886 bits per heavy atom. The predicted octanol–water partition coefficient (Wildman–Crippen LogP) is 7.71. The van der Waals surface area contributed by atoms with Crippen molar-refractivity contribution < 1.29 is 18.7 Å². The van der Waals surface area contributed by atoms with Crippen molar-refractivity contribution in [2.45, 2.75) is 13.2 Å². The third-order valence-corrected chi connectivity index (χ3v) is 6.68. The number of halogens is 3. The van der Waals surface area contributed by atoms with Crippen LogP contribution in [-0.4, -0.2) is 28.1 Å². The molecule has 224 valence electrons. The summed E-state index contributed by atoms with van der Waals surface area (Å²) in [6.45, 7) is 0.498. The first-order valence-electron chi connectivity index (χ1n) is 13.2. The fourth-order valence-corrected chi connectivity index (χ4v) is 4.36. The second kappa shape index (κ2) is 14.4. The third-order valence-electron chi connectivity index (χ3n) is 6.10. The van der Waals surface area contributed by atoms with Gasteiger partial charge in [0, 0.05) is 36.4 Å². The summed E-state index contributed by atoms with van der Waals surface area (Å²) in [5, 5.41) is 12.4. The Morgan fingerprint density at radius 2 is 1.73 bits per heavy atom. The van der Waals surface area contributed by atoms with Crippen LogP contribution in [-0.2, 0) is 13.2 Å². The Morgan fingerprint density at radius 3 is 2.50 bits per heavy atom. The van der Waals surface area contributed by atoms with Crippen LogP contribution in [0.25, 0.3) is 0 Å². The van der Waals surface area contributed by atoms with Crippen molar-refractivity contribution in [2.75, 3.05) is 23.1 Å². The lowest BCUT2D eigenvalue weighted by Gasteiger charge is -2.14. The van der Waals surface area contributed by atoms with Crippen LogP contribution in [0.1, 0.15) is 11.1 Å². The zero-order valence-electron chi connectivity index (χ0n) is 23.3. The van der Waals surface area contributed by atoms with E-state index in [9.17, 15) is 9.18 Å². The van der Waals surface area contributed by atoms with E-state index in [1.807, 2.05) is 6.07 Å². The molecule has 5 rings (SSSR count). The summed E-state index contributed by atoms with van der Waals surface area (Å²) in [4.78, 5) is 25.1. The van der Waals surface area contributed by atoms with Gasteiger partial charge in [-0.15, -0.1) is 0 Å². The van der Waals surface area contributed by atoms with E-state index in [1.54, 1.807) is 67.0 Å². The highest BCUT2D eigenvalue weighted by molar-refractivity contribution is 6.33. The van der Waals surface area contributed by atoms with Crippen molar-refractivity contribution >= 4 is 58.1 Å². The van der Waals surface area contributed by atoms with E-state index in [0.29, 0.717) is 51.5 Å². The summed E-state index contributed by atoms with van der Waals surface area (Å²) < 4.78 is 24.7. The molecule has 44 heavy (non-hydrogen) atoms. The fraction of sp³-hybridized carbons (Fsp3) is 0.0968. The van der Waals surface area contributed by atoms with Crippen LogP contribution in [0.4, 0.5) is 38.0 Å². The van der Waals surface area contributed by atoms with Crippen LogP contribution in [0, 0.1) is 5.82 Å². The number of rotatable bonds is 11. The highest BCUT2D eigenvalue weighted by Crippen LogP contribution is 2.33. The first kappa shape index (κ1) is 30.3. The van der Waals surface area contributed by atoms with Gasteiger partial charge in [-0.3, -0.25) is 4.98 Å². The molecule has 0 saturated heterocycles. The molecule has 0 aliphatic rings. The van der Waals surface area contributed by atoms with Gasteiger partial charge < -0.3 is 30.7 Å². The minimum Gasteiger partial charge on any atom is -0.494 e. The number of hydrogen-bond donors (Lipinski definition) is 4. The summed E-state index contributed by atoms with van der Waals surface area (Å²) >= 11 is 12.8. The SMILES string of the molecule is COc1cc(NC(=O)NCc2cccnc2)ccc1Nc1ncc(Cl)c(Nc2ccc(OCc3cccc(F)c3)c(Cl)c2)n1. The molecule has 0 fully saturated rings. The third kappa shape index (κ3) is 8.24. The van der Waals surface area contributed by atoms with Gasteiger partial charge in [-0.1, -0.05) is 41.4 Å². The maximum Gasteiger partial charge on any atom is 0.319 e. The molecule has 0 bridgehead atoms. The molecule has 0 unspecified atom stereocenters. The Bertz CT molecular complexity index is 1760. The molecular formula is C31H26Cl2FN7O3. The van der Waals surface area contributed by atoms with Gasteiger partial charge in [-0.2, -0.15) is 4.98 Å². The molecule has 5 aromatic rings. The number of benzene rings is 3. The standard InChI is InChI=1S/C31H26Cl2FN7O3/c1-43-28-14-23(39-31(42)37-16-20-5-3-11-35-15-20)7-9-26(28)40-30-36-17-25(33)29(41-30)38-22-8-10-27(24(32)13-22)44-18-19-4-2-6-21(34)12-19/h2-15,17H,16,18H2,1H3,(H2,37,39,42)(H2,36,38,40,41). The summed E-state index contributed by atoms with van der Waals surface area (Å²) in [5.74, 6) is 1.12. The van der Waals surface area contributed by atoms with E-state index in [2.05, 4.69) is 36.2 Å². The van der Waals surface area contributed by atoms with E-state index in [4.69, 9.17) is 32.7 Å². The minimum atomic E-state index is -0.375. The number of amides is 2. The molecule has 0 spiro atoms. The molecule has 0 saturated carbocycles. The van der Waals surface area contributed by atoms with E-state index >= 15 is 0 Å². The second-order valence-electron chi connectivity index (χ2n) is 9.29. The number of urea groups is 1. The maximum absolute atomic E-state index is 13.4. The average Bonchev–Trinajstić information content (AvgIpc) is 3.02.